The van der Waals surface area contributed by atoms with E-state index in [9.17, 15) is 9.59 Å². The van der Waals surface area contributed by atoms with Crippen LogP contribution in [0.3, 0.4) is 0 Å². The van der Waals surface area contributed by atoms with Gasteiger partial charge in [-0.3, -0.25) is 9.59 Å². The summed E-state index contributed by atoms with van der Waals surface area (Å²) in [6.45, 7) is 1.51. The number of nitrogens with one attached hydrogen (secondary N) is 2. The molecule has 0 aromatic rings. The monoisotopic (exact) mass is 294 g/mol. The highest BCUT2D eigenvalue weighted by Gasteiger charge is 2.32. The molecule has 2 saturated carbocycles. The molecular formula is C17H30N2O2. The third-order valence-electron chi connectivity index (χ3n) is 4.96. The first-order valence-electron chi connectivity index (χ1n) is 8.74. The molecule has 0 saturated heterocycles. The lowest BCUT2D eigenvalue weighted by molar-refractivity contribution is -0.130. The fraction of sp³-hybridized carbons (Fsp3) is 0.882. The van der Waals surface area contributed by atoms with Gasteiger partial charge in [-0.25, -0.2) is 0 Å². The molecule has 0 heterocycles. The molecule has 2 aliphatic rings. The maximum absolute atomic E-state index is 12.6. The fourth-order valence-corrected chi connectivity index (χ4v) is 3.80. The second-order valence-electron chi connectivity index (χ2n) is 6.77. The summed E-state index contributed by atoms with van der Waals surface area (Å²) in [5, 5.41) is 6.10. The van der Waals surface area contributed by atoms with Gasteiger partial charge in [0, 0.05) is 13.0 Å². The zero-order valence-electron chi connectivity index (χ0n) is 13.3. The van der Waals surface area contributed by atoms with Gasteiger partial charge in [0.2, 0.25) is 11.8 Å². The van der Waals surface area contributed by atoms with Crippen LogP contribution in [0, 0.1) is 5.92 Å². The van der Waals surface area contributed by atoms with Crippen molar-refractivity contribution in [2.45, 2.75) is 89.6 Å². The Morgan fingerprint density at radius 1 is 0.857 bits per heavy atom. The molecule has 2 rings (SSSR count). The molecule has 0 aliphatic heterocycles. The predicted octanol–water partition coefficient (Wildman–Crippen LogP) is 2.91. The molecule has 0 aromatic carbocycles. The smallest absolute Gasteiger partial charge is 0.243 e. The molecule has 0 spiro atoms. The van der Waals surface area contributed by atoms with Crippen molar-refractivity contribution < 1.29 is 9.59 Å². The highest BCUT2D eigenvalue weighted by molar-refractivity contribution is 5.87. The molecule has 2 fully saturated rings. The van der Waals surface area contributed by atoms with Crippen LogP contribution in [0.1, 0.15) is 77.6 Å². The van der Waals surface area contributed by atoms with E-state index in [1.54, 1.807) is 0 Å². The molecule has 2 N–H and O–H groups in total. The van der Waals surface area contributed by atoms with E-state index in [-0.39, 0.29) is 17.9 Å². The molecule has 1 atom stereocenters. The zero-order chi connectivity index (χ0) is 15.1. The Hall–Kier alpha value is -1.06. The molecule has 120 valence electrons. The van der Waals surface area contributed by atoms with E-state index in [1.165, 1.54) is 51.9 Å². The molecule has 2 amide bonds. The largest absolute Gasteiger partial charge is 0.352 e. The predicted molar refractivity (Wildman–Crippen MR) is 83.8 cm³/mol. The minimum absolute atomic E-state index is 0.0441. The van der Waals surface area contributed by atoms with Crippen LogP contribution in [0.5, 0.6) is 0 Å². The Morgan fingerprint density at radius 3 is 1.95 bits per heavy atom. The van der Waals surface area contributed by atoms with Crippen molar-refractivity contribution in [1.82, 2.24) is 10.6 Å². The zero-order valence-corrected chi connectivity index (χ0v) is 13.3. The lowest BCUT2D eigenvalue weighted by Gasteiger charge is -2.27. The normalized spacial score (nSPS) is 23.1. The molecule has 2 aliphatic carbocycles. The second-order valence-corrected chi connectivity index (χ2v) is 6.77. The first-order valence-corrected chi connectivity index (χ1v) is 8.74. The molecule has 4 nitrogen and oxygen atoms in total. The van der Waals surface area contributed by atoms with Crippen LogP contribution in [-0.2, 0) is 9.59 Å². The summed E-state index contributed by atoms with van der Waals surface area (Å²) in [5.74, 6) is 0.268. The Labute approximate surface area is 128 Å². The number of carbonyl (C=O) groups is 2. The van der Waals surface area contributed by atoms with Gasteiger partial charge in [0.05, 0.1) is 0 Å². The van der Waals surface area contributed by atoms with Gasteiger partial charge in [-0.2, -0.15) is 0 Å². The summed E-state index contributed by atoms with van der Waals surface area (Å²) >= 11 is 0. The molecule has 0 unspecified atom stereocenters. The van der Waals surface area contributed by atoms with Crippen LogP contribution in [0.25, 0.3) is 0 Å². The van der Waals surface area contributed by atoms with Crippen LogP contribution in [0.15, 0.2) is 0 Å². The van der Waals surface area contributed by atoms with Gasteiger partial charge in [0.15, 0.2) is 0 Å². The number of carbonyl (C=O) groups excluding carboxylic acids is 2. The lowest BCUT2D eigenvalue weighted by atomic mass is 9.94. The van der Waals surface area contributed by atoms with E-state index >= 15 is 0 Å². The van der Waals surface area contributed by atoms with Crippen LogP contribution in [-0.4, -0.2) is 23.9 Å². The number of hydrogen-bond acceptors (Lipinski definition) is 2. The van der Waals surface area contributed by atoms with Crippen LogP contribution in [0.2, 0.25) is 0 Å². The molecule has 0 radical (unpaired) electrons. The number of rotatable bonds is 4. The molecule has 4 heteroatoms. The molecular weight excluding hydrogens is 264 g/mol. The van der Waals surface area contributed by atoms with Gasteiger partial charge in [-0.05, 0) is 31.6 Å². The highest BCUT2D eigenvalue weighted by Crippen LogP contribution is 2.28. The Bertz CT molecular complexity index is 343. The summed E-state index contributed by atoms with van der Waals surface area (Å²) in [7, 11) is 0. The molecule has 0 bridgehead atoms. The number of amides is 2. The van der Waals surface area contributed by atoms with Crippen molar-refractivity contribution in [3.63, 3.8) is 0 Å². The van der Waals surface area contributed by atoms with Gasteiger partial charge in [-0.1, -0.05) is 44.9 Å². The summed E-state index contributed by atoms with van der Waals surface area (Å²) in [5.41, 5.74) is 0. The van der Waals surface area contributed by atoms with E-state index in [1.807, 2.05) is 0 Å². The third-order valence-corrected chi connectivity index (χ3v) is 4.96. The van der Waals surface area contributed by atoms with Gasteiger partial charge in [-0.15, -0.1) is 0 Å². The van der Waals surface area contributed by atoms with Crippen molar-refractivity contribution in [3.8, 4) is 0 Å². The molecule has 0 aromatic heterocycles. The average molecular weight is 294 g/mol. The topological polar surface area (TPSA) is 58.2 Å². The first-order chi connectivity index (χ1) is 10.2. The second kappa shape index (κ2) is 8.40. The van der Waals surface area contributed by atoms with Crippen LogP contribution in [0.4, 0.5) is 0 Å². The number of hydrogen-bond donors (Lipinski definition) is 2. The first kappa shape index (κ1) is 16.3. The minimum atomic E-state index is -0.324. The standard InChI is InChI=1S/C17H30N2O2/c1-13(20)18-16(14-9-7-8-10-14)17(21)19-15-11-5-3-2-4-6-12-15/h14-16H,2-12H2,1H3,(H,18,20)(H,19,21)/t16-/m1/s1. The van der Waals surface area contributed by atoms with E-state index in [0.717, 1.165) is 25.7 Å². The fourth-order valence-electron chi connectivity index (χ4n) is 3.80. The van der Waals surface area contributed by atoms with Gasteiger partial charge < -0.3 is 10.6 Å². The van der Waals surface area contributed by atoms with Gasteiger partial charge in [0.25, 0.3) is 0 Å². The SMILES string of the molecule is CC(=O)N[C@@H](C(=O)NC1CCCCCCC1)C1CCCC1. The Kier molecular flexibility index (Phi) is 6.52. The average Bonchev–Trinajstić information content (AvgIpc) is 2.92. The Balaban J connectivity index is 1.91. The third kappa shape index (κ3) is 5.33. The van der Waals surface area contributed by atoms with Crippen molar-refractivity contribution in [2.75, 3.05) is 0 Å². The lowest BCUT2D eigenvalue weighted by Crippen LogP contribution is -2.52. The Morgan fingerprint density at radius 2 is 1.38 bits per heavy atom. The van der Waals surface area contributed by atoms with Crippen molar-refractivity contribution in [2.24, 2.45) is 5.92 Å². The van der Waals surface area contributed by atoms with Crippen molar-refractivity contribution in [1.29, 1.82) is 0 Å². The van der Waals surface area contributed by atoms with Crippen molar-refractivity contribution in [3.05, 3.63) is 0 Å². The summed E-state index contributed by atoms with van der Waals surface area (Å²) in [6.07, 6.45) is 13.0. The maximum Gasteiger partial charge on any atom is 0.243 e. The highest BCUT2D eigenvalue weighted by atomic mass is 16.2. The summed E-state index contributed by atoms with van der Waals surface area (Å²) in [4.78, 5) is 24.0. The summed E-state index contributed by atoms with van der Waals surface area (Å²) in [6, 6.07) is -0.0223. The van der Waals surface area contributed by atoms with Crippen LogP contribution >= 0.6 is 0 Å². The molecule has 21 heavy (non-hydrogen) atoms. The minimum Gasteiger partial charge on any atom is -0.352 e. The van der Waals surface area contributed by atoms with E-state index in [2.05, 4.69) is 10.6 Å². The summed E-state index contributed by atoms with van der Waals surface area (Å²) < 4.78 is 0. The van der Waals surface area contributed by atoms with Gasteiger partial charge >= 0.3 is 0 Å². The van der Waals surface area contributed by atoms with Gasteiger partial charge in [0.1, 0.15) is 6.04 Å². The van der Waals surface area contributed by atoms with Crippen molar-refractivity contribution >= 4 is 11.8 Å². The van der Waals surface area contributed by atoms with Crippen LogP contribution < -0.4 is 10.6 Å². The quantitative estimate of drug-likeness (QED) is 0.837. The van der Waals surface area contributed by atoms with E-state index in [4.69, 9.17) is 0 Å². The van der Waals surface area contributed by atoms with E-state index < -0.39 is 0 Å². The maximum atomic E-state index is 12.6. The van der Waals surface area contributed by atoms with E-state index in [0.29, 0.717) is 12.0 Å².